The van der Waals surface area contributed by atoms with Gasteiger partial charge in [0, 0.05) is 25.7 Å². The zero-order valence-corrected chi connectivity index (χ0v) is 13.2. The molecule has 0 radical (unpaired) electrons. The molecule has 0 saturated heterocycles. The van der Waals surface area contributed by atoms with Crippen LogP contribution >= 0.6 is 0 Å². The molecule has 6 nitrogen and oxygen atoms in total. The highest BCUT2D eigenvalue weighted by Gasteiger charge is 2.15. The summed E-state index contributed by atoms with van der Waals surface area (Å²) in [5, 5.41) is 5.34. The molecule has 0 spiro atoms. The highest BCUT2D eigenvalue weighted by atomic mass is 32.2. The third-order valence-corrected chi connectivity index (χ3v) is 3.85. The molecule has 0 aliphatic carbocycles. The third-order valence-electron chi connectivity index (χ3n) is 2.55. The van der Waals surface area contributed by atoms with Crippen LogP contribution in [0.1, 0.15) is 40.0 Å². The smallest absolute Gasteiger partial charge is 0.315 e. The van der Waals surface area contributed by atoms with Gasteiger partial charge in [-0.1, -0.05) is 19.8 Å². The van der Waals surface area contributed by atoms with Crippen LogP contribution in [0.15, 0.2) is 0 Å². The van der Waals surface area contributed by atoms with Crippen molar-refractivity contribution in [3.8, 4) is 0 Å². The van der Waals surface area contributed by atoms with Crippen molar-refractivity contribution in [2.75, 3.05) is 25.9 Å². The van der Waals surface area contributed by atoms with E-state index in [1.165, 1.54) is 10.6 Å². The highest BCUT2D eigenvalue weighted by Crippen LogP contribution is 2.02. The van der Waals surface area contributed by atoms with Crippen LogP contribution in [0, 0.1) is 0 Å². The first kappa shape index (κ1) is 18.2. The minimum atomic E-state index is -3.20. The molecular weight excluding hydrogens is 266 g/mol. The largest absolute Gasteiger partial charge is 0.337 e. The summed E-state index contributed by atoms with van der Waals surface area (Å²) >= 11 is 0. The molecule has 114 valence electrons. The van der Waals surface area contributed by atoms with Crippen molar-refractivity contribution >= 4 is 16.1 Å². The van der Waals surface area contributed by atoms with Gasteiger partial charge >= 0.3 is 6.03 Å². The maximum atomic E-state index is 11.6. The van der Waals surface area contributed by atoms with E-state index < -0.39 is 10.0 Å². The van der Waals surface area contributed by atoms with Gasteiger partial charge in [0.1, 0.15) is 0 Å². The van der Waals surface area contributed by atoms with Crippen LogP contribution in [-0.2, 0) is 10.0 Å². The Morgan fingerprint density at radius 1 is 1.21 bits per heavy atom. The van der Waals surface area contributed by atoms with Crippen LogP contribution in [0.3, 0.4) is 0 Å². The summed E-state index contributed by atoms with van der Waals surface area (Å²) in [7, 11) is -3.20. The lowest BCUT2D eigenvalue weighted by atomic mass is 10.2. The number of carbonyl (C=O) groups is 1. The SMILES string of the molecule is CCCCCN(CCNC(=O)NC(C)C)S(C)(=O)=O. The Hall–Kier alpha value is -0.820. The van der Waals surface area contributed by atoms with Crippen molar-refractivity contribution in [2.45, 2.75) is 46.1 Å². The highest BCUT2D eigenvalue weighted by molar-refractivity contribution is 7.88. The first-order valence-electron chi connectivity index (χ1n) is 6.76. The standard InChI is InChI=1S/C12H27N3O3S/c1-5-6-7-9-15(19(4,17)18)10-8-13-12(16)14-11(2)3/h11H,5-10H2,1-4H3,(H2,13,14,16). The summed E-state index contributed by atoms with van der Waals surface area (Å²) < 4.78 is 24.6. The van der Waals surface area contributed by atoms with E-state index in [0.717, 1.165) is 19.3 Å². The number of amides is 2. The summed E-state index contributed by atoms with van der Waals surface area (Å²) in [5.41, 5.74) is 0. The summed E-state index contributed by atoms with van der Waals surface area (Å²) in [4.78, 5) is 11.4. The van der Waals surface area contributed by atoms with Crippen LogP contribution in [0.5, 0.6) is 0 Å². The molecule has 0 heterocycles. The first-order chi connectivity index (χ1) is 8.77. The van der Waals surface area contributed by atoms with Gasteiger partial charge in [0.15, 0.2) is 0 Å². The zero-order valence-electron chi connectivity index (χ0n) is 12.4. The van der Waals surface area contributed by atoms with Crippen LogP contribution < -0.4 is 10.6 Å². The van der Waals surface area contributed by atoms with E-state index in [4.69, 9.17) is 0 Å². The van der Waals surface area contributed by atoms with Gasteiger partial charge in [0.25, 0.3) is 0 Å². The summed E-state index contributed by atoms with van der Waals surface area (Å²) in [6, 6.07) is -0.201. The monoisotopic (exact) mass is 293 g/mol. The van der Waals surface area contributed by atoms with E-state index in [0.29, 0.717) is 19.6 Å². The number of urea groups is 1. The van der Waals surface area contributed by atoms with Crippen LogP contribution in [-0.4, -0.2) is 50.7 Å². The minimum Gasteiger partial charge on any atom is -0.337 e. The Morgan fingerprint density at radius 2 is 1.84 bits per heavy atom. The van der Waals surface area contributed by atoms with Gasteiger partial charge in [-0.05, 0) is 20.3 Å². The number of nitrogens with zero attached hydrogens (tertiary/aromatic N) is 1. The van der Waals surface area contributed by atoms with Gasteiger partial charge in [-0.2, -0.15) is 0 Å². The minimum absolute atomic E-state index is 0.0653. The van der Waals surface area contributed by atoms with Gasteiger partial charge in [-0.15, -0.1) is 0 Å². The van der Waals surface area contributed by atoms with Crippen molar-refractivity contribution in [1.29, 1.82) is 0 Å². The molecule has 0 aromatic carbocycles. The van der Waals surface area contributed by atoms with E-state index in [9.17, 15) is 13.2 Å². The molecule has 2 N–H and O–H groups in total. The normalized spacial score (nSPS) is 11.9. The number of sulfonamides is 1. The van der Waals surface area contributed by atoms with Crippen LogP contribution in [0.4, 0.5) is 4.79 Å². The number of hydrogen-bond acceptors (Lipinski definition) is 3. The van der Waals surface area contributed by atoms with Crippen molar-refractivity contribution in [2.24, 2.45) is 0 Å². The fourth-order valence-electron chi connectivity index (χ4n) is 1.59. The van der Waals surface area contributed by atoms with Gasteiger partial charge in [0.05, 0.1) is 6.26 Å². The molecule has 0 rings (SSSR count). The topological polar surface area (TPSA) is 78.5 Å². The molecule has 0 aliphatic heterocycles. The van der Waals surface area contributed by atoms with Crippen LogP contribution in [0.2, 0.25) is 0 Å². The fraction of sp³-hybridized carbons (Fsp3) is 0.917. The van der Waals surface area contributed by atoms with Crippen molar-refractivity contribution < 1.29 is 13.2 Å². The lowest BCUT2D eigenvalue weighted by molar-refractivity contribution is 0.237. The second-order valence-corrected chi connectivity index (χ2v) is 6.91. The second kappa shape index (κ2) is 9.14. The fourth-order valence-corrected chi connectivity index (χ4v) is 2.47. The first-order valence-corrected chi connectivity index (χ1v) is 8.61. The third kappa shape index (κ3) is 9.72. The molecular formula is C12H27N3O3S. The van der Waals surface area contributed by atoms with E-state index >= 15 is 0 Å². The van der Waals surface area contributed by atoms with Gasteiger partial charge < -0.3 is 10.6 Å². The van der Waals surface area contributed by atoms with E-state index in [1.807, 2.05) is 13.8 Å². The van der Waals surface area contributed by atoms with E-state index in [2.05, 4.69) is 17.6 Å². The van der Waals surface area contributed by atoms with Gasteiger partial charge in [-0.25, -0.2) is 17.5 Å². The average molecular weight is 293 g/mol. The Kier molecular flexibility index (Phi) is 8.75. The number of nitrogens with one attached hydrogen (secondary N) is 2. The predicted molar refractivity (Wildman–Crippen MR) is 77.6 cm³/mol. The summed E-state index contributed by atoms with van der Waals surface area (Å²) in [6.45, 7) is 6.95. The quantitative estimate of drug-likeness (QED) is 0.626. The molecule has 19 heavy (non-hydrogen) atoms. The molecule has 0 fully saturated rings. The molecule has 0 aromatic rings. The lowest BCUT2D eigenvalue weighted by Gasteiger charge is -2.20. The summed E-state index contributed by atoms with van der Waals surface area (Å²) in [5.74, 6) is 0. The number of unbranched alkanes of at least 4 members (excludes halogenated alkanes) is 2. The Balaban J connectivity index is 4.10. The number of carbonyl (C=O) groups excluding carboxylic acids is 1. The maximum Gasteiger partial charge on any atom is 0.315 e. The molecule has 0 aromatic heterocycles. The average Bonchev–Trinajstić information content (AvgIpc) is 2.24. The van der Waals surface area contributed by atoms with E-state index in [1.54, 1.807) is 0 Å². The van der Waals surface area contributed by atoms with Crippen molar-refractivity contribution in [3.05, 3.63) is 0 Å². The molecule has 0 saturated carbocycles. The van der Waals surface area contributed by atoms with Gasteiger partial charge in [0.2, 0.25) is 10.0 Å². The molecule has 7 heteroatoms. The molecule has 0 bridgehead atoms. The molecule has 0 unspecified atom stereocenters. The lowest BCUT2D eigenvalue weighted by Crippen LogP contribution is -2.44. The Morgan fingerprint density at radius 3 is 2.32 bits per heavy atom. The number of rotatable bonds is 9. The molecule has 0 atom stereocenters. The maximum absolute atomic E-state index is 11.6. The van der Waals surface area contributed by atoms with Gasteiger partial charge in [-0.3, -0.25) is 0 Å². The molecule has 0 aliphatic rings. The predicted octanol–water partition coefficient (Wildman–Crippen LogP) is 1.15. The Bertz CT molecular complexity index is 355. The molecule has 2 amide bonds. The van der Waals surface area contributed by atoms with Crippen molar-refractivity contribution in [1.82, 2.24) is 14.9 Å². The van der Waals surface area contributed by atoms with Crippen LogP contribution in [0.25, 0.3) is 0 Å². The number of hydrogen-bond donors (Lipinski definition) is 2. The summed E-state index contributed by atoms with van der Waals surface area (Å²) in [6.07, 6.45) is 4.11. The zero-order chi connectivity index (χ0) is 14.9. The van der Waals surface area contributed by atoms with E-state index in [-0.39, 0.29) is 12.1 Å². The Labute approximate surface area is 117 Å². The second-order valence-electron chi connectivity index (χ2n) is 4.92. The van der Waals surface area contributed by atoms with Crippen molar-refractivity contribution in [3.63, 3.8) is 0 Å².